The quantitative estimate of drug-likeness (QED) is 0.628. The van der Waals surface area contributed by atoms with Crippen LogP contribution < -0.4 is 0 Å². The molecule has 1 saturated carbocycles. The van der Waals surface area contributed by atoms with Gasteiger partial charge in [-0.15, -0.1) is 0 Å². The lowest BCUT2D eigenvalue weighted by molar-refractivity contribution is -0.00676. The molecular formula is C16H32O. The molecule has 1 heteroatoms. The van der Waals surface area contributed by atoms with Crippen molar-refractivity contribution in [3.8, 4) is 0 Å². The van der Waals surface area contributed by atoms with E-state index in [9.17, 15) is 5.11 Å². The highest BCUT2D eigenvalue weighted by Crippen LogP contribution is 2.33. The lowest BCUT2D eigenvalue weighted by Gasteiger charge is -2.32. The van der Waals surface area contributed by atoms with E-state index in [4.69, 9.17) is 0 Å². The molecule has 1 aliphatic carbocycles. The molecule has 0 aromatic heterocycles. The zero-order chi connectivity index (χ0) is 12.6. The predicted octanol–water partition coefficient (Wildman–Crippen LogP) is 5.07. The van der Waals surface area contributed by atoms with Crippen LogP contribution >= 0.6 is 0 Å². The molecular weight excluding hydrogens is 208 g/mol. The topological polar surface area (TPSA) is 20.2 Å². The summed E-state index contributed by atoms with van der Waals surface area (Å²) in [6.07, 6.45) is 14.9. The van der Waals surface area contributed by atoms with Gasteiger partial charge in [-0.25, -0.2) is 0 Å². The van der Waals surface area contributed by atoms with Gasteiger partial charge in [0.25, 0.3) is 0 Å². The van der Waals surface area contributed by atoms with E-state index >= 15 is 0 Å². The molecule has 0 heterocycles. The first kappa shape index (κ1) is 15.0. The van der Waals surface area contributed by atoms with Crippen LogP contribution in [0.25, 0.3) is 0 Å². The minimum absolute atomic E-state index is 0.290. The molecule has 0 aromatic carbocycles. The molecule has 0 bridgehead atoms. The zero-order valence-electron chi connectivity index (χ0n) is 12.0. The monoisotopic (exact) mass is 240 g/mol. The molecule has 0 aromatic rings. The summed E-state index contributed by atoms with van der Waals surface area (Å²) >= 11 is 0. The second kappa shape index (κ2) is 8.13. The maximum atomic E-state index is 10.4. The lowest BCUT2D eigenvalue weighted by Crippen LogP contribution is -2.31. The van der Waals surface area contributed by atoms with Crippen molar-refractivity contribution in [3.63, 3.8) is 0 Å². The van der Waals surface area contributed by atoms with Crippen molar-refractivity contribution in [2.24, 2.45) is 5.92 Å². The summed E-state index contributed by atoms with van der Waals surface area (Å²) in [5, 5.41) is 10.4. The fourth-order valence-corrected chi connectivity index (χ4v) is 3.43. The van der Waals surface area contributed by atoms with Crippen LogP contribution in [0.15, 0.2) is 0 Å². The average Bonchev–Trinajstić information content (AvgIpc) is 2.30. The second-order valence-corrected chi connectivity index (χ2v) is 6.12. The van der Waals surface area contributed by atoms with Crippen molar-refractivity contribution in [3.05, 3.63) is 0 Å². The molecule has 1 nitrogen and oxygen atoms in total. The summed E-state index contributed by atoms with van der Waals surface area (Å²) in [6.45, 7) is 4.58. The highest BCUT2D eigenvalue weighted by molar-refractivity contribution is 4.82. The van der Waals surface area contributed by atoms with Gasteiger partial charge in [0.05, 0.1) is 5.60 Å². The fourth-order valence-electron chi connectivity index (χ4n) is 3.43. The Morgan fingerprint density at radius 1 is 0.941 bits per heavy atom. The predicted molar refractivity (Wildman–Crippen MR) is 75.2 cm³/mol. The van der Waals surface area contributed by atoms with E-state index in [0.717, 1.165) is 25.2 Å². The Balaban J connectivity index is 2.19. The van der Waals surface area contributed by atoms with Crippen molar-refractivity contribution < 1.29 is 5.11 Å². The number of aliphatic hydroxyl groups is 1. The van der Waals surface area contributed by atoms with E-state index < -0.39 is 0 Å². The van der Waals surface area contributed by atoms with E-state index in [-0.39, 0.29) is 5.60 Å². The first-order chi connectivity index (χ1) is 8.20. The summed E-state index contributed by atoms with van der Waals surface area (Å²) in [5.41, 5.74) is -0.290. The van der Waals surface area contributed by atoms with Crippen LogP contribution in [0.3, 0.4) is 0 Å². The molecule has 0 amide bonds. The molecule has 0 atom stereocenters. The Bertz CT molecular complexity index is 176. The molecule has 0 radical (unpaired) electrons. The summed E-state index contributed by atoms with van der Waals surface area (Å²) in [5.74, 6) is 0.914. The minimum Gasteiger partial charge on any atom is -0.390 e. The van der Waals surface area contributed by atoms with Gasteiger partial charge in [-0.1, -0.05) is 71.6 Å². The van der Waals surface area contributed by atoms with Crippen molar-refractivity contribution in [1.82, 2.24) is 0 Å². The van der Waals surface area contributed by atoms with Crippen molar-refractivity contribution in [2.75, 3.05) is 0 Å². The van der Waals surface area contributed by atoms with E-state index in [1.54, 1.807) is 0 Å². The molecule has 1 rings (SSSR count). The third-order valence-corrected chi connectivity index (χ3v) is 4.43. The zero-order valence-corrected chi connectivity index (χ0v) is 12.0. The van der Waals surface area contributed by atoms with E-state index in [1.807, 2.05) is 0 Å². The summed E-state index contributed by atoms with van der Waals surface area (Å²) < 4.78 is 0. The maximum Gasteiger partial charge on any atom is 0.0647 e. The minimum atomic E-state index is -0.290. The van der Waals surface area contributed by atoms with Crippen LogP contribution in [0.4, 0.5) is 0 Å². The van der Waals surface area contributed by atoms with E-state index in [1.165, 1.54) is 57.8 Å². The van der Waals surface area contributed by atoms with Gasteiger partial charge in [-0.2, -0.15) is 0 Å². The van der Waals surface area contributed by atoms with Gasteiger partial charge in [-0.05, 0) is 25.2 Å². The Kier molecular flexibility index (Phi) is 7.18. The summed E-state index contributed by atoms with van der Waals surface area (Å²) in [6, 6.07) is 0. The summed E-state index contributed by atoms with van der Waals surface area (Å²) in [4.78, 5) is 0. The van der Waals surface area contributed by atoms with Crippen LogP contribution in [0.5, 0.6) is 0 Å². The summed E-state index contributed by atoms with van der Waals surface area (Å²) in [7, 11) is 0. The lowest BCUT2D eigenvalue weighted by atomic mass is 9.80. The average molecular weight is 240 g/mol. The van der Waals surface area contributed by atoms with Gasteiger partial charge in [0.1, 0.15) is 0 Å². The fraction of sp³-hybridized carbons (Fsp3) is 1.00. The molecule has 0 saturated heterocycles. The molecule has 0 aliphatic heterocycles. The molecule has 1 N–H and O–H groups in total. The molecule has 1 fully saturated rings. The van der Waals surface area contributed by atoms with Gasteiger partial charge >= 0.3 is 0 Å². The normalized spacial score (nSPS) is 19.8. The Morgan fingerprint density at radius 2 is 1.53 bits per heavy atom. The maximum absolute atomic E-state index is 10.4. The molecule has 0 unspecified atom stereocenters. The first-order valence-electron chi connectivity index (χ1n) is 7.92. The van der Waals surface area contributed by atoms with Gasteiger partial charge in [0, 0.05) is 0 Å². The van der Waals surface area contributed by atoms with Crippen molar-refractivity contribution in [1.29, 1.82) is 0 Å². The van der Waals surface area contributed by atoms with Gasteiger partial charge < -0.3 is 5.11 Å². The largest absolute Gasteiger partial charge is 0.390 e. The second-order valence-electron chi connectivity index (χ2n) is 6.12. The van der Waals surface area contributed by atoms with Crippen LogP contribution in [0.1, 0.15) is 90.9 Å². The number of hydrogen-bond donors (Lipinski definition) is 1. The Labute approximate surface area is 108 Å². The van der Waals surface area contributed by atoms with Crippen LogP contribution in [-0.4, -0.2) is 10.7 Å². The van der Waals surface area contributed by atoms with Crippen molar-refractivity contribution >= 4 is 0 Å². The van der Waals surface area contributed by atoms with E-state index in [2.05, 4.69) is 13.8 Å². The van der Waals surface area contributed by atoms with Crippen LogP contribution in [0, 0.1) is 5.92 Å². The van der Waals surface area contributed by atoms with E-state index in [0.29, 0.717) is 0 Å². The van der Waals surface area contributed by atoms with Crippen LogP contribution in [-0.2, 0) is 0 Å². The number of hydrogen-bond acceptors (Lipinski definition) is 1. The van der Waals surface area contributed by atoms with Crippen molar-refractivity contribution in [2.45, 2.75) is 96.5 Å². The highest BCUT2D eigenvalue weighted by atomic mass is 16.3. The van der Waals surface area contributed by atoms with Gasteiger partial charge in [0.15, 0.2) is 0 Å². The molecule has 17 heavy (non-hydrogen) atoms. The Hall–Kier alpha value is -0.0400. The third-order valence-electron chi connectivity index (χ3n) is 4.43. The third kappa shape index (κ3) is 5.90. The molecule has 102 valence electrons. The smallest absolute Gasteiger partial charge is 0.0647 e. The molecule has 0 spiro atoms. The standard InChI is InChI=1S/C16H32O/c1-3-9-15(10-4-2)11-8-14-16(17)12-6-5-7-13-16/h15,17H,3-14H2,1-2H3. The van der Waals surface area contributed by atoms with Gasteiger partial charge in [-0.3, -0.25) is 0 Å². The van der Waals surface area contributed by atoms with Gasteiger partial charge in [0.2, 0.25) is 0 Å². The number of rotatable bonds is 8. The van der Waals surface area contributed by atoms with Crippen LogP contribution in [0.2, 0.25) is 0 Å². The highest BCUT2D eigenvalue weighted by Gasteiger charge is 2.28. The Morgan fingerprint density at radius 3 is 2.06 bits per heavy atom. The first-order valence-corrected chi connectivity index (χ1v) is 7.92. The SMILES string of the molecule is CCCC(CCC)CCCC1(O)CCCCC1. The molecule has 1 aliphatic rings.